The first-order chi connectivity index (χ1) is 17.0. The molecule has 2 N–H and O–H groups in total. The highest BCUT2D eigenvalue weighted by Crippen LogP contribution is 2.32. The summed E-state index contributed by atoms with van der Waals surface area (Å²) in [6.07, 6.45) is 7.19. The summed E-state index contributed by atoms with van der Waals surface area (Å²) in [7, 11) is 3.06. The van der Waals surface area contributed by atoms with Gasteiger partial charge in [-0.3, -0.25) is 9.48 Å². The molecule has 0 bridgehead atoms. The van der Waals surface area contributed by atoms with Crippen LogP contribution < -0.4 is 10.6 Å². The highest BCUT2D eigenvalue weighted by Gasteiger charge is 2.24. The molecule has 0 unspecified atom stereocenters. The molecule has 9 nitrogen and oxygen atoms in total. The van der Waals surface area contributed by atoms with Gasteiger partial charge >= 0.3 is 5.97 Å². The van der Waals surface area contributed by atoms with E-state index >= 15 is 0 Å². The van der Waals surface area contributed by atoms with Crippen molar-refractivity contribution in [2.24, 2.45) is 7.05 Å². The molecule has 0 aliphatic rings. The van der Waals surface area contributed by atoms with Crippen LogP contribution in [0.2, 0.25) is 0 Å². The minimum Gasteiger partial charge on any atom is -0.464 e. The Morgan fingerprint density at radius 3 is 2.69 bits per heavy atom. The normalized spacial score (nSPS) is 11.9. The van der Waals surface area contributed by atoms with E-state index in [-0.39, 0.29) is 24.1 Å². The van der Waals surface area contributed by atoms with Crippen molar-refractivity contribution >= 4 is 34.3 Å². The number of carbonyl (C=O) groups excluding carboxylic acids is 2. The first-order valence-corrected chi connectivity index (χ1v) is 11.6. The summed E-state index contributed by atoms with van der Waals surface area (Å²) >= 11 is 0. The van der Waals surface area contributed by atoms with Gasteiger partial charge in [0, 0.05) is 43.8 Å². The number of carbonyl (C=O) groups is 2. The number of esters is 1. The molecule has 1 amide bonds. The molecule has 0 fully saturated rings. The molecule has 3 aromatic heterocycles. The van der Waals surface area contributed by atoms with Crippen molar-refractivity contribution in [3.05, 3.63) is 72.3 Å². The fourth-order valence-corrected chi connectivity index (χ4v) is 4.07. The molecule has 0 spiro atoms. The van der Waals surface area contributed by atoms with Crippen molar-refractivity contribution < 1.29 is 14.3 Å². The summed E-state index contributed by atoms with van der Waals surface area (Å²) in [5, 5.41) is 11.3. The second kappa shape index (κ2) is 10.9. The molecule has 9 heteroatoms. The number of nitrogens with zero attached hydrogens (tertiary/aromatic N) is 4. The maximum Gasteiger partial charge on any atom is 0.356 e. The quantitative estimate of drug-likeness (QED) is 0.337. The van der Waals surface area contributed by atoms with Gasteiger partial charge in [0.1, 0.15) is 5.65 Å². The van der Waals surface area contributed by atoms with Gasteiger partial charge < -0.3 is 19.9 Å². The van der Waals surface area contributed by atoms with E-state index in [2.05, 4.69) is 27.6 Å². The maximum atomic E-state index is 12.8. The average molecular weight is 475 g/mol. The van der Waals surface area contributed by atoms with Gasteiger partial charge in [-0.1, -0.05) is 30.3 Å². The van der Waals surface area contributed by atoms with E-state index in [4.69, 9.17) is 4.74 Å². The van der Waals surface area contributed by atoms with Crippen LogP contribution in [0.4, 0.5) is 11.4 Å². The molecule has 4 rings (SSSR count). The predicted octanol–water partition coefficient (Wildman–Crippen LogP) is 4.02. The Labute approximate surface area is 204 Å². The number of ether oxygens (including phenoxy) is 1. The van der Waals surface area contributed by atoms with Gasteiger partial charge in [0.2, 0.25) is 5.91 Å². The Hall–Kier alpha value is -4.14. The lowest BCUT2D eigenvalue weighted by molar-refractivity contribution is -0.116. The number of nitrogens with one attached hydrogen (secondary N) is 2. The second-order valence-corrected chi connectivity index (χ2v) is 8.51. The first kappa shape index (κ1) is 24.0. The van der Waals surface area contributed by atoms with Crippen LogP contribution in [-0.4, -0.2) is 44.4 Å². The lowest BCUT2D eigenvalue weighted by Crippen LogP contribution is -2.18. The molecular weight excluding hydrogens is 444 g/mol. The average Bonchev–Trinajstić information content (AvgIpc) is 3.48. The van der Waals surface area contributed by atoms with E-state index in [1.54, 1.807) is 24.0 Å². The molecule has 0 radical (unpaired) electrons. The van der Waals surface area contributed by atoms with E-state index in [9.17, 15) is 9.59 Å². The number of aryl methyl sites for hydroxylation is 3. The maximum absolute atomic E-state index is 12.8. The third kappa shape index (κ3) is 5.68. The van der Waals surface area contributed by atoms with E-state index < -0.39 is 5.97 Å². The van der Waals surface area contributed by atoms with Crippen LogP contribution in [0.1, 0.15) is 35.8 Å². The largest absolute Gasteiger partial charge is 0.464 e. The lowest BCUT2D eigenvalue weighted by atomic mass is 10.1. The minimum absolute atomic E-state index is 0.158. The zero-order valence-corrected chi connectivity index (χ0v) is 20.2. The molecule has 0 saturated heterocycles. The fraction of sp³-hybridized carbons (Fsp3) is 0.308. The Kier molecular flexibility index (Phi) is 7.45. The number of fused-ring (bicyclic) bond motifs is 1. The summed E-state index contributed by atoms with van der Waals surface area (Å²) in [6.45, 7) is 2.88. The number of aromatic nitrogens is 4. The SMILES string of the molecule is COC(=O)c1c(NC(=O)CCc2ccccc2)c2cc(N[C@H](C)CCn3cccn3)cnc2n1C. The van der Waals surface area contributed by atoms with Crippen LogP contribution in [0.25, 0.3) is 11.0 Å². The Morgan fingerprint density at radius 2 is 1.97 bits per heavy atom. The third-order valence-electron chi connectivity index (χ3n) is 5.92. The summed E-state index contributed by atoms with van der Waals surface area (Å²) in [5.41, 5.74) is 3.12. The monoisotopic (exact) mass is 474 g/mol. The fourth-order valence-electron chi connectivity index (χ4n) is 4.07. The van der Waals surface area contributed by atoms with Gasteiger partial charge in [0.05, 0.1) is 24.7 Å². The summed E-state index contributed by atoms with van der Waals surface area (Å²) < 4.78 is 8.54. The predicted molar refractivity (Wildman–Crippen MR) is 135 cm³/mol. The molecule has 1 atom stereocenters. The third-order valence-corrected chi connectivity index (χ3v) is 5.92. The number of methoxy groups -OCH3 is 1. The van der Waals surface area contributed by atoms with Crippen LogP contribution in [0, 0.1) is 0 Å². The molecule has 0 aliphatic carbocycles. The van der Waals surface area contributed by atoms with Crippen LogP contribution >= 0.6 is 0 Å². The van der Waals surface area contributed by atoms with Gasteiger partial charge in [-0.15, -0.1) is 0 Å². The highest BCUT2D eigenvalue weighted by atomic mass is 16.5. The number of amides is 1. The summed E-state index contributed by atoms with van der Waals surface area (Å²) in [4.78, 5) is 30.0. The number of rotatable bonds is 10. The topological polar surface area (TPSA) is 103 Å². The van der Waals surface area contributed by atoms with E-state index in [1.807, 2.05) is 53.3 Å². The molecule has 35 heavy (non-hydrogen) atoms. The second-order valence-electron chi connectivity index (χ2n) is 8.51. The first-order valence-electron chi connectivity index (χ1n) is 11.6. The zero-order valence-electron chi connectivity index (χ0n) is 20.2. The molecule has 0 aliphatic heterocycles. The van der Waals surface area contributed by atoms with Crippen molar-refractivity contribution in [1.82, 2.24) is 19.3 Å². The Bertz CT molecular complexity index is 1300. The Balaban J connectivity index is 1.55. The molecular formula is C26H30N6O3. The van der Waals surface area contributed by atoms with Crippen molar-refractivity contribution in [2.45, 2.75) is 38.8 Å². The summed E-state index contributed by atoms with van der Waals surface area (Å²) in [6, 6.07) is 13.8. The Morgan fingerprint density at radius 1 is 1.17 bits per heavy atom. The standard InChI is InChI=1S/C26H30N6O3/c1-18(12-15-32-14-7-13-28-32)29-20-16-21-23(24(26(34)35-3)31(2)25(21)27-17-20)30-22(33)11-10-19-8-5-4-6-9-19/h4-9,13-14,16-18,29H,10-12,15H2,1-3H3,(H,30,33)/t18-/m1/s1. The van der Waals surface area contributed by atoms with Gasteiger partial charge in [0.15, 0.2) is 5.69 Å². The number of anilines is 2. The number of benzene rings is 1. The van der Waals surface area contributed by atoms with E-state index in [0.717, 1.165) is 24.2 Å². The van der Waals surface area contributed by atoms with Crippen molar-refractivity contribution in [2.75, 3.05) is 17.7 Å². The zero-order chi connectivity index (χ0) is 24.8. The van der Waals surface area contributed by atoms with Crippen LogP contribution in [0.3, 0.4) is 0 Å². The molecule has 0 saturated carbocycles. The van der Waals surface area contributed by atoms with Gasteiger partial charge in [-0.05, 0) is 37.5 Å². The molecule has 4 aromatic rings. The van der Waals surface area contributed by atoms with Gasteiger partial charge in [-0.2, -0.15) is 5.10 Å². The molecule has 1 aromatic carbocycles. The van der Waals surface area contributed by atoms with Gasteiger partial charge in [0.25, 0.3) is 0 Å². The van der Waals surface area contributed by atoms with Crippen molar-refractivity contribution in [1.29, 1.82) is 0 Å². The smallest absolute Gasteiger partial charge is 0.356 e. The highest BCUT2D eigenvalue weighted by molar-refractivity contribution is 6.11. The van der Waals surface area contributed by atoms with Crippen molar-refractivity contribution in [3.63, 3.8) is 0 Å². The number of pyridine rings is 1. The summed E-state index contributed by atoms with van der Waals surface area (Å²) in [5.74, 6) is -0.719. The van der Waals surface area contributed by atoms with Gasteiger partial charge in [-0.25, -0.2) is 9.78 Å². The van der Waals surface area contributed by atoms with Crippen LogP contribution in [0.5, 0.6) is 0 Å². The van der Waals surface area contributed by atoms with E-state index in [0.29, 0.717) is 23.1 Å². The lowest BCUT2D eigenvalue weighted by Gasteiger charge is -2.15. The molecule has 182 valence electrons. The van der Waals surface area contributed by atoms with Crippen molar-refractivity contribution in [3.8, 4) is 0 Å². The minimum atomic E-state index is -0.536. The van der Waals surface area contributed by atoms with Crippen LogP contribution in [-0.2, 0) is 29.5 Å². The molecule has 3 heterocycles. The van der Waals surface area contributed by atoms with Crippen LogP contribution in [0.15, 0.2) is 61.1 Å². The number of hydrogen-bond acceptors (Lipinski definition) is 6. The van der Waals surface area contributed by atoms with E-state index in [1.165, 1.54) is 7.11 Å². The number of hydrogen-bond donors (Lipinski definition) is 2.